The summed E-state index contributed by atoms with van der Waals surface area (Å²) in [6.45, 7) is 4.47. The SMILES string of the molecule is CCCCNC(=O)C(C)SC[C@H](N)C(=O)O. The van der Waals surface area contributed by atoms with Crippen molar-refractivity contribution >= 4 is 23.6 Å². The molecule has 0 aliphatic heterocycles. The summed E-state index contributed by atoms with van der Waals surface area (Å²) in [5, 5.41) is 11.1. The van der Waals surface area contributed by atoms with E-state index < -0.39 is 12.0 Å². The number of carbonyl (C=O) groups is 2. The lowest BCUT2D eigenvalue weighted by Crippen LogP contribution is -2.36. The van der Waals surface area contributed by atoms with Crippen molar-refractivity contribution in [1.82, 2.24) is 5.32 Å². The second kappa shape index (κ2) is 8.41. The minimum atomic E-state index is -1.04. The Morgan fingerprint density at radius 3 is 2.62 bits per heavy atom. The van der Waals surface area contributed by atoms with Gasteiger partial charge < -0.3 is 16.2 Å². The zero-order valence-electron chi connectivity index (χ0n) is 9.73. The van der Waals surface area contributed by atoms with Crippen LogP contribution in [0.3, 0.4) is 0 Å². The number of aliphatic carboxylic acids is 1. The lowest BCUT2D eigenvalue weighted by atomic mass is 10.3. The minimum absolute atomic E-state index is 0.0592. The number of hydrogen-bond acceptors (Lipinski definition) is 4. The summed E-state index contributed by atoms with van der Waals surface area (Å²) in [4.78, 5) is 21.9. The second-order valence-electron chi connectivity index (χ2n) is 3.56. The topological polar surface area (TPSA) is 92.4 Å². The van der Waals surface area contributed by atoms with E-state index in [0.717, 1.165) is 12.8 Å². The molecule has 0 aromatic heterocycles. The van der Waals surface area contributed by atoms with Gasteiger partial charge in [-0.15, -0.1) is 11.8 Å². The molecule has 0 aromatic rings. The van der Waals surface area contributed by atoms with Crippen LogP contribution in [0.15, 0.2) is 0 Å². The number of hydrogen-bond donors (Lipinski definition) is 3. The molecule has 0 aromatic carbocycles. The molecule has 0 heterocycles. The van der Waals surface area contributed by atoms with Gasteiger partial charge >= 0.3 is 5.97 Å². The van der Waals surface area contributed by atoms with Gasteiger partial charge in [0, 0.05) is 12.3 Å². The number of carbonyl (C=O) groups excluding carboxylic acids is 1. The fraction of sp³-hybridized carbons (Fsp3) is 0.800. The molecule has 0 saturated carbocycles. The van der Waals surface area contributed by atoms with Crippen LogP contribution in [0.1, 0.15) is 26.7 Å². The molecule has 6 heteroatoms. The van der Waals surface area contributed by atoms with E-state index in [2.05, 4.69) is 12.2 Å². The molecule has 0 fully saturated rings. The van der Waals surface area contributed by atoms with Crippen LogP contribution >= 0.6 is 11.8 Å². The lowest BCUT2D eigenvalue weighted by molar-refractivity contribution is -0.138. The molecular weight excluding hydrogens is 228 g/mol. The van der Waals surface area contributed by atoms with Crippen LogP contribution in [0.2, 0.25) is 0 Å². The Kier molecular flexibility index (Phi) is 8.01. The quantitative estimate of drug-likeness (QED) is 0.542. The summed E-state index contributed by atoms with van der Waals surface area (Å²) in [5.41, 5.74) is 5.33. The molecule has 0 rings (SSSR count). The Balaban J connectivity index is 3.74. The molecule has 0 radical (unpaired) electrons. The number of amides is 1. The van der Waals surface area contributed by atoms with Gasteiger partial charge in [0.05, 0.1) is 5.25 Å². The first kappa shape index (κ1) is 15.2. The highest BCUT2D eigenvalue weighted by molar-refractivity contribution is 8.00. The normalized spacial score (nSPS) is 14.2. The Morgan fingerprint density at radius 1 is 1.50 bits per heavy atom. The number of rotatable bonds is 8. The third-order valence-corrected chi connectivity index (χ3v) is 3.31. The van der Waals surface area contributed by atoms with Crippen LogP contribution < -0.4 is 11.1 Å². The van der Waals surface area contributed by atoms with E-state index in [9.17, 15) is 9.59 Å². The Hall–Kier alpha value is -0.750. The van der Waals surface area contributed by atoms with Gasteiger partial charge in [-0.2, -0.15) is 0 Å². The van der Waals surface area contributed by atoms with Crippen molar-refractivity contribution in [2.24, 2.45) is 5.73 Å². The molecule has 1 amide bonds. The maximum Gasteiger partial charge on any atom is 0.321 e. The van der Waals surface area contributed by atoms with Crippen LogP contribution in [-0.2, 0) is 9.59 Å². The maximum absolute atomic E-state index is 11.5. The molecule has 4 N–H and O–H groups in total. The van der Waals surface area contributed by atoms with Crippen molar-refractivity contribution in [2.75, 3.05) is 12.3 Å². The lowest BCUT2D eigenvalue weighted by Gasteiger charge is -2.13. The van der Waals surface area contributed by atoms with Crippen LogP contribution in [0.4, 0.5) is 0 Å². The van der Waals surface area contributed by atoms with Gasteiger partial charge in [-0.1, -0.05) is 13.3 Å². The first-order valence-corrected chi connectivity index (χ1v) is 6.41. The summed E-state index contributed by atoms with van der Waals surface area (Å²) in [5.74, 6) is -0.848. The highest BCUT2D eigenvalue weighted by atomic mass is 32.2. The molecule has 16 heavy (non-hydrogen) atoms. The average molecular weight is 248 g/mol. The van der Waals surface area contributed by atoms with Crippen LogP contribution in [0.25, 0.3) is 0 Å². The monoisotopic (exact) mass is 248 g/mol. The fourth-order valence-corrected chi connectivity index (χ4v) is 1.80. The molecule has 94 valence electrons. The number of unbranched alkanes of at least 4 members (excludes halogenated alkanes) is 1. The molecule has 0 saturated heterocycles. The van der Waals surface area contributed by atoms with Gasteiger partial charge in [0.2, 0.25) is 5.91 Å². The molecule has 5 nitrogen and oxygen atoms in total. The molecule has 0 spiro atoms. The Bertz CT molecular complexity index is 236. The Labute approximate surface area is 100 Å². The molecule has 0 bridgehead atoms. The zero-order valence-corrected chi connectivity index (χ0v) is 10.5. The van der Waals surface area contributed by atoms with Gasteiger partial charge in [-0.25, -0.2) is 0 Å². The smallest absolute Gasteiger partial charge is 0.321 e. The van der Waals surface area contributed by atoms with Crippen molar-refractivity contribution in [2.45, 2.75) is 38.0 Å². The highest BCUT2D eigenvalue weighted by Gasteiger charge is 2.17. The van der Waals surface area contributed by atoms with Crippen molar-refractivity contribution < 1.29 is 14.7 Å². The third kappa shape index (κ3) is 6.68. The van der Waals surface area contributed by atoms with Crippen LogP contribution in [0, 0.1) is 0 Å². The minimum Gasteiger partial charge on any atom is -0.480 e. The molecule has 2 atom stereocenters. The van der Waals surface area contributed by atoms with Gasteiger partial charge in [0.1, 0.15) is 6.04 Å². The van der Waals surface area contributed by atoms with Gasteiger partial charge in [-0.3, -0.25) is 9.59 Å². The first-order chi connectivity index (χ1) is 7.49. The highest BCUT2D eigenvalue weighted by Crippen LogP contribution is 2.11. The van der Waals surface area contributed by atoms with E-state index in [4.69, 9.17) is 10.8 Å². The van der Waals surface area contributed by atoms with Crippen LogP contribution in [0.5, 0.6) is 0 Å². The molecule has 1 unspecified atom stereocenters. The van der Waals surface area contributed by atoms with E-state index in [1.165, 1.54) is 11.8 Å². The number of thioether (sulfide) groups is 1. The largest absolute Gasteiger partial charge is 0.480 e. The van der Waals surface area contributed by atoms with E-state index in [1.54, 1.807) is 6.92 Å². The van der Waals surface area contributed by atoms with Gasteiger partial charge in [0.15, 0.2) is 0 Å². The predicted molar refractivity (Wildman–Crippen MR) is 65.4 cm³/mol. The zero-order chi connectivity index (χ0) is 12.6. The number of carboxylic acids is 1. The van der Waals surface area contributed by atoms with E-state index >= 15 is 0 Å². The van der Waals surface area contributed by atoms with Crippen molar-refractivity contribution in [3.63, 3.8) is 0 Å². The Morgan fingerprint density at radius 2 is 2.12 bits per heavy atom. The predicted octanol–water partition coefficient (Wildman–Crippen LogP) is 0.436. The van der Waals surface area contributed by atoms with E-state index in [-0.39, 0.29) is 16.9 Å². The fourth-order valence-electron chi connectivity index (χ4n) is 0.927. The van der Waals surface area contributed by atoms with Crippen molar-refractivity contribution in [3.05, 3.63) is 0 Å². The number of nitrogens with one attached hydrogen (secondary N) is 1. The van der Waals surface area contributed by atoms with Gasteiger partial charge in [0.25, 0.3) is 0 Å². The standard InChI is InChI=1S/C10H20N2O3S/c1-3-4-5-12-9(13)7(2)16-6-8(11)10(14)15/h7-8H,3-6,11H2,1-2H3,(H,12,13)(H,14,15)/t7?,8-/m0/s1. The van der Waals surface area contributed by atoms with Crippen molar-refractivity contribution in [3.8, 4) is 0 Å². The molecule has 0 aliphatic rings. The maximum atomic E-state index is 11.5. The number of carboxylic acid groups (broad SMARTS) is 1. The summed E-state index contributed by atoms with van der Waals surface area (Å²) >= 11 is 1.26. The summed E-state index contributed by atoms with van der Waals surface area (Å²) in [7, 11) is 0. The van der Waals surface area contributed by atoms with Gasteiger partial charge in [-0.05, 0) is 13.3 Å². The average Bonchev–Trinajstić information content (AvgIpc) is 2.25. The van der Waals surface area contributed by atoms with E-state index in [0.29, 0.717) is 6.54 Å². The second-order valence-corrected chi connectivity index (χ2v) is 4.94. The first-order valence-electron chi connectivity index (χ1n) is 5.36. The summed E-state index contributed by atoms with van der Waals surface area (Å²) in [6.07, 6.45) is 1.99. The third-order valence-electron chi connectivity index (χ3n) is 2.04. The summed E-state index contributed by atoms with van der Waals surface area (Å²) < 4.78 is 0. The number of nitrogens with two attached hydrogens (primary N) is 1. The molecule has 0 aliphatic carbocycles. The van der Waals surface area contributed by atoms with Crippen molar-refractivity contribution in [1.29, 1.82) is 0 Å². The molecular formula is C10H20N2O3S. The van der Waals surface area contributed by atoms with Crippen LogP contribution in [-0.4, -0.2) is 40.6 Å². The summed E-state index contributed by atoms with van der Waals surface area (Å²) in [6, 6.07) is -0.907. The van der Waals surface area contributed by atoms with E-state index in [1.807, 2.05) is 0 Å².